The van der Waals surface area contributed by atoms with Crippen LogP contribution in [0.15, 0.2) is 48.5 Å². The van der Waals surface area contributed by atoms with Gasteiger partial charge in [-0.15, -0.1) is 0 Å². The number of rotatable bonds is 5. The Balaban J connectivity index is 1.52. The second-order valence-electron chi connectivity index (χ2n) is 6.13. The Labute approximate surface area is 155 Å². The van der Waals surface area contributed by atoms with Gasteiger partial charge in [-0.05, 0) is 42.5 Å². The number of benzene rings is 2. The van der Waals surface area contributed by atoms with Crippen LogP contribution in [0.5, 0.6) is 0 Å². The van der Waals surface area contributed by atoms with E-state index in [9.17, 15) is 18.0 Å². The molecule has 1 heterocycles. The number of ether oxygens (including phenoxy) is 1. The summed E-state index contributed by atoms with van der Waals surface area (Å²) >= 11 is 0. The smallest absolute Gasteiger partial charge is 0.378 e. The van der Waals surface area contributed by atoms with Gasteiger partial charge in [-0.2, -0.15) is 13.2 Å². The highest BCUT2D eigenvalue weighted by Crippen LogP contribution is 2.30. The van der Waals surface area contributed by atoms with E-state index < -0.39 is 11.7 Å². The number of carbonyl (C=O) groups is 1. The largest absolute Gasteiger partial charge is 0.416 e. The van der Waals surface area contributed by atoms with Crippen molar-refractivity contribution >= 4 is 23.0 Å². The van der Waals surface area contributed by atoms with Crippen LogP contribution in [0.2, 0.25) is 0 Å². The molecule has 5 nitrogen and oxygen atoms in total. The minimum Gasteiger partial charge on any atom is -0.378 e. The molecule has 0 bridgehead atoms. The van der Waals surface area contributed by atoms with Crippen LogP contribution in [0.25, 0.3) is 0 Å². The predicted molar refractivity (Wildman–Crippen MR) is 98.0 cm³/mol. The molecule has 1 aliphatic rings. The summed E-state index contributed by atoms with van der Waals surface area (Å²) in [6.45, 7) is 2.91. The lowest BCUT2D eigenvalue weighted by atomic mass is 10.2. The third kappa shape index (κ3) is 5.37. The molecular formula is C19H20F3N3O2. The number of hydrogen-bond donors (Lipinski definition) is 2. The summed E-state index contributed by atoms with van der Waals surface area (Å²) in [7, 11) is 0. The highest BCUT2D eigenvalue weighted by molar-refractivity contribution is 5.93. The maximum atomic E-state index is 12.7. The molecule has 1 aliphatic heterocycles. The van der Waals surface area contributed by atoms with Crippen LogP contribution in [0, 0.1) is 0 Å². The number of anilines is 3. The standard InChI is InChI=1S/C19H20F3N3O2/c20-19(21,22)14-2-1-3-16(12-14)23-13-18(26)24-15-4-6-17(7-5-15)25-8-10-27-11-9-25/h1-7,12,23H,8-11,13H2,(H,24,26). The first-order valence-corrected chi connectivity index (χ1v) is 8.55. The van der Waals surface area contributed by atoms with E-state index in [4.69, 9.17) is 4.74 Å². The molecule has 0 unspecified atom stereocenters. The predicted octanol–water partition coefficient (Wildman–Crippen LogP) is 3.59. The average molecular weight is 379 g/mol. The molecule has 144 valence electrons. The number of nitrogens with one attached hydrogen (secondary N) is 2. The molecule has 27 heavy (non-hydrogen) atoms. The van der Waals surface area contributed by atoms with Crippen molar-refractivity contribution in [2.75, 3.05) is 48.4 Å². The molecule has 0 saturated carbocycles. The van der Waals surface area contributed by atoms with Crippen molar-refractivity contribution < 1.29 is 22.7 Å². The van der Waals surface area contributed by atoms with Crippen molar-refractivity contribution in [2.24, 2.45) is 0 Å². The molecule has 1 amide bonds. The fraction of sp³-hybridized carbons (Fsp3) is 0.316. The molecule has 1 saturated heterocycles. The van der Waals surface area contributed by atoms with Gasteiger partial charge in [0.05, 0.1) is 25.3 Å². The summed E-state index contributed by atoms with van der Waals surface area (Å²) < 4.78 is 43.4. The molecule has 0 spiro atoms. The van der Waals surface area contributed by atoms with Crippen molar-refractivity contribution in [1.29, 1.82) is 0 Å². The quantitative estimate of drug-likeness (QED) is 0.834. The SMILES string of the molecule is O=C(CNc1cccc(C(F)(F)F)c1)Nc1ccc(N2CCOCC2)cc1. The average Bonchev–Trinajstić information content (AvgIpc) is 2.67. The Morgan fingerprint density at radius 2 is 1.74 bits per heavy atom. The summed E-state index contributed by atoms with van der Waals surface area (Å²) in [6, 6.07) is 12.2. The molecular weight excluding hydrogens is 359 g/mol. The van der Waals surface area contributed by atoms with Gasteiger partial charge >= 0.3 is 6.18 Å². The first-order chi connectivity index (χ1) is 12.9. The minimum atomic E-state index is -4.41. The van der Waals surface area contributed by atoms with E-state index in [-0.39, 0.29) is 18.1 Å². The number of halogens is 3. The molecule has 0 radical (unpaired) electrons. The van der Waals surface area contributed by atoms with E-state index in [1.165, 1.54) is 12.1 Å². The highest BCUT2D eigenvalue weighted by Gasteiger charge is 2.30. The van der Waals surface area contributed by atoms with E-state index in [0.29, 0.717) is 18.9 Å². The molecule has 1 fully saturated rings. The van der Waals surface area contributed by atoms with Crippen LogP contribution in [-0.2, 0) is 15.7 Å². The van der Waals surface area contributed by atoms with Gasteiger partial charge in [-0.25, -0.2) is 0 Å². The Morgan fingerprint density at radius 1 is 1.04 bits per heavy atom. The van der Waals surface area contributed by atoms with Crippen LogP contribution >= 0.6 is 0 Å². The Hall–Kier alpha value is -2.74. The maximum Gasteiger partial charge on any atom is 0.416 e. The number of carbonyl (C=O) groups excluding carboxylic acids is 1. The summed E-state index contributed by atoms with van der Waals surface area (Å²) in [5.41, 5.74) is 1.16. The van der Waals surface area contributed by atoms with Gasteiger partial charge in [0.2, 0.25) is 5.91 Å². The first-order valence-electron chi connectivity index (χ1n) is 8.55. The van der Waals surface area contributed by atoms with Crippen molar-refractivity contribution in [3.8, 4) is 0 Å². The number of amides is 1. The van der Waals surface area contributed by atoms with Gasteiger partial charge in [0.25, 0.3) is 0 Å². The molecule has 0 aliphatic carbocycles. The zero-order valence-electron chi connectivity index (χ0n) is 14.6. The zero-order chi connectivity index (χ0) is 19.3. The molecule has 0 atom stereocenters. The van der Waals surface area contributed by atoms with E-state index in [1.807, 2.05) is 12.1 Å². The second-order valence-corrected chi connectivity index (χ2v) is 6.13. The summed E-state index contributed by atoms with van der Waals surface area (Å²) in [5, 5.41) is 5.43. The van der Waals surface area contributed by atoms with Crippen molar-refractivity contribution in [1.82, 2.24) is 0 Å². The van der Waals surface area contributed by atoms with Crippen molar-refractivity contribution in [2.45, 2.75) is 6.18 Å². The molecule has 0 aromatic heterocycles. The number of alkyl halides is 3. The van der Waals surface area contributed by atoms with Crippen LogP contribution in [0.1, 0.15) is 5.56 Å². The van der Waals surface area contributed by atoms with Gasteiger partial charge < -0.3 is 20.3 Å². The van der Waals surface area contributed by atoms with Gasteiger partial charge in [-0.3, -0.25) is 4.79 Å². The van der Waals surface area contributed by atoms with Gasteiger partial charge in [0, 0.05) is 30.2 Å². The van der Waals surface area contributed by atoms with Gasteiger partial charge in [0.1, 0.15) is 0 Å². The third-order valence-corrected chi connectivity index (χ3v) is 4.17. The fourth-order valence-corrected chi connectivity index (χ4v) is 2.77. The monoisotopic (exact) mass is 379 g/mol. The van der Waals surface area contributed by atoms with Crippen LogP contribution in [0.4, 0.5) is 30.2 Å². The maximum absolute atomic E-state index is 12.7. The normalized spacial score (nSPS) is 14.7. The lowest BCUT2D eigenvalue weighted by molar-refractivity contribution is -0.137. The number of hydrogen-bond acceptors (Lipinski definition) is 4. The topological polar surface area (TPSA) is 53.6 Å². The van der Waals surface area contributed by atoms with E-state index in [0.717, 1.165) is 30.9 Å². The number of nitrogens with zero attached hydrogens (tertiary/aromatic N) is 1. The second kappa shape index (κ2) is 8.30. The van der Waals surface area contributed by atoms with Crippen LogP contribution in [0.3, 0.4) is 0 Å². The van der Waals surface area contributed by atoms with E-state index >= 15 is 0 Å². The van der Waals surface area contributed by atoms with Gasteiger partial charge in [0.15, 0.2) is 0 Å². The van der Waals surface area contributed by atoms with Crippen LogP contribution < -0.4 is 15.5 Å². The minimum absolute atomic E-state index is 0.132. The number of morpholine rings is 1. The highest BCUT2D eigenvalue weighted by atomic mass is 19.4. The lowest BCUT2D eigenvalue weighted by Crippen LogP contribution is -2.36. The molecule has 2 aromatic carbocycles. The molecule has 8 heteroatoms. The van der Waals surface area contributed by atoms with Crippen LogP contribution in [-0.4, -0.2) is 38.8 Å². The molecule has 2 N–H and O–H groups in total. The Bertz CT molecular complexity index is 773. The van der Waals surface area contributed by atoms with E-state index in [2.05, 4.69) is 15.5 Å². The first kappa shape index (κ1) is 19.0. The Morgan fingerprint density at radius 3 is 2.41 bits per heavy atom. The van der Waals surface area contributed by atoms with Gasteiger partial charge in [-0.1, -0.05) is 6.07 Å². The third-order valence-electron chi connectivity index (χ3n) is 4.17. The van der Waals surface area contributed by atoms with Crippen molar-refractivity contribution in [3.05, 3.63) is 54.1 Å². The fourth-order valence-electron chi connectivity index (χ4n) is 2.77. The summed E-state index contributed by atoms with van der Waals surface area (Å²) in [6.07, 6.45) is -4.41. The lowest BCUT2D eigenvalue weighted by Gasteiger charge is -2.28. The summed E-state index contributed by atoms with van der Waals surface area (Å²) in [5.74, 6) is -0.341. The van der Waals surface area contributed by atoms with Crippen molar-refractivity contribution in [3.63, 3.8) is 0 Å². The van der Waals surface area contributed by atoms with E-state index in [1.54, 1.807) is 12.1 Å². The summed E-state index contributed by atoms with van der Waals surface area (Å²) in [4.78, 5) is 14.2. The zero-order valence-corrected chi connectivity index (χ0v) is 14.6. The Kier molecular flexibility index (Phi) is 5.85. The molecule has 3 rings (SSSR count). The molecule has 2 aromatic rings.